The number of hydrogen-bond acceptors (Lipinski definition) is 4. The molecule has 1 aromatic carbocycles. The maximum absolute atomic E-state index is 12.9. The molecule has 0 aliphatic carbocycles. The molecule has 0 fully saturated rings. The molecule has 1 aliphatic heterocycles. The second kappa shape index (κ2) is 7.50. The molecule has 0 spiro atoms. The number of carbonyl (C=O) groups is 2. The van der Waals surface area contributed by atoms with Gasteiger partial charge in [-0.3, -0.25) is 14.3 Å². The van der Waals surface area contributed by atoms with Crippen LogP contribution in [0.15, 0.2) is 30.3 Å². The van der Waals surface area contributed by atoms with Crippen molar-refractivity contribution in [2.75, 3.05) is 19.7 Å². The Morgan fingerprint density at radius 2 is 2.04 bits per heavy atom. The normalized spacial score (nSPS) is 16.7. The number of ether oxygens (including phenoxy) is 1. The van der Waals surface area contributed by atoms with Gasteiger partial charge in [0, 0.05) is 17.1 Å². The van der Waals surface area contributed by atoms with Crippen molar-refractivity contribution in [1.82, 2.24) is 14.7 Å². The minimum atomic E-state index is -0.394. The Morgan fingerprint density at radius 1 is 1.35 bits per heavy atom. The van der Waals surface area contributed by atoms with Gasteiger partial charge in [-0.1, -0.05) is 37.6 Å². The van der Waals surface area contributed by atoms with Gasteiger partial charge in [0.25, 0.3) is 5.91 Å². The first-order valence-corrected chi connectivity index (χ1v) is 9.09. The quantitative estimate of drug-likeness (QED) is 0.751. The smallest absolute Gasteiger partial charge is 0.325 e. The average molecular weight is 376 g/mol. The van der Waals surface area contributed by atoms with Crippen LogP contribution in [0.1, 0.15) is 37.3 Å². The molecule has 2 aromatic rings. The number of hydrogen-bond donors (Lipinski definition) is 0. The van der Waals surface area contributed by atoms with Gasteiger partial charge in [0.1, 0.15) is 12.2 Å². The summed E-state index contributed by atoms with van der Waals surface area (Å²) < 4.78 is 6.78. The molecule has 2 heterocycles. The van der Waals surface area contributed by atoms with Crippen LogP contribution >= 0.6 is 11.6 Å². The first-order valence-electron chi connectivity index (χ1n) is 8.71. The van der Waals surface area contributed by atoms with Crippen molar-refractivity contribution in [2.45, 2.75) is 26.8 Å². The summed E-state index contributed by atoms with van der Waals surface area (Å²) >= 11 is 5.95. The summed E-state index contributed by atoms with van der Waals surface area (Å²) in [6.07, 6.45) is 0. The second-order valence-corrected chi connectivity index (χ2v) is 7.10. The lowest BCUT2D eigenvalue weighted by Gasteiger charge is -2.34. The molecule has 0 saturated carbocycles. The molecule has 26 heavy (non-hydrogen) atoms. The fourth-order valence-electron chi connectivity index (χ4n) is 3.11. The third-order valence-electron chi connectivity index (χ3n) is 4.50. The van der Waals surface area contributed by atoms with Crippen LogP contribution in [0.4, 0.5) is 0 Å². The summed E-state index contributed by atoms with van der Waals surface area (Å²) in [6.45, 7) is 6.60. The van der Waals surface area contributed by atoms with Gasteiger partial charge in [-0.2, -0.15) is 5.10 Å². The Kier molecular flexibility index (Phi) is 5.32. The molecule has 0 saturated heterocycles. The van der Waals surface area contributed by atoms with Crippen LogP contribution in [-0.2, 0) is 9.53 Å². The molecule has 1 aliphatic rings. The third kappa shape index (κ3) is 3.60. The van der Waals surface area contributed by atoms with E-state index in [0.717, 1.165) is 5.56 Å². The summed E-state index contributed by atoms with van der Waals surface area (Å²) in [5.74, 6) is -0.346. The number of fused-ring (bicyclic) bond motifs is 1. The SMILES string of the molecule is CCOC(=O)CN1CC(C(C)C)n2nc(-c3ccc(Cl)cc3)cc2C1=O. The van der Waals surface area contributed by atoms with Crippen molar-refractivity contribution in [3.63, 3.8) is 0 Å². The Hall–Kier alpha value is -2.34. The number of esters is 1. The van der Waals surface area contributed by atoms with Crippen LogP contribution in [0.2, 0.25) is 5.02 Å². The Bertz CT molecular complexity index is 814. The summed E-state index contributed by atoms with van der Waals surface area (Å²) in [5.41, 5.74) is 2.10. The van der Waals surface area contributed by atoms with Gasteiger partial charge < -0.3 is 9.64 Å². The number of rotatable bonds is 5. The number of benzene rings is 1. The highest BCUT2D eigenvalue weighted by molar-refractivity contribution is 6.30. The van der Waals surface area contributed by atoms with Crippen molar-refractivity contribution in [1.29, 1.82) is 0 Å². The van der Waals surface area contributed by atoms with E-state index in [1.54, 1.807) is 34.7 Å². The molecule has 1 aromatic heterocycles. The molecule has 1 unspecified atom stereocenters. The summed E-state index contributed by atoms with van der Waals surface area (Å²) in [7, 11) is 0. The largest absolute Gasteiger partial charge is 0.465 e. The lowest BCUT2D eigenvalue weighted by Crippen LogP contribution is -2.47. The lowest BCUT2D eigenvalue weighted by molar-refractivity contribution is -0.144. The lowest BCUT2D eigenvalue weighted by atomic mass is 10.0. The van der Waals surface area contributed by atoms with E-state index in [2.05, 4.69) is 18.9 Å². The summed E-state index contributed by atoms with van der Waals surface area (Å²) in [4.78, 5) is 26.3. The van der Waals surface area contributed by atoms with Gasteiger partial charge in [0.2, 0.25) is 0 Å². The van der Waals surface area contributed by atoms with Gasteiger partial charge in [0.05, 0.1) is 18.3 Å². The van der Waals surface area contributed by atoms with Gasteiger partial charge >= 0.3 is 5.97 Å². The van der Waals surface area contributed by atoms with E-state index in [9.17, 15) is 9.59 Å². The van der Waals surface area contributed by atoms with E-state index in [1.165, 1.54) is 0 Å². The molecule has 3 rings (SSSR count). The molecular weight excluding hydrogens is 354 g/mol. The van der Waals surface area contributed by atoms with Crippen LogP contribution in [0, 0.1) is 5.92 Å². The summed E-state index contributed by atoms with van der Waals surface area (Å²) in [5, 5.41) is 5.31. The molecular formula is C19H22ClN3O3. The van der Waals surface area contributed by atoms with Gasteiger partial charge in [-0.25, -0.2) is 0 Å². The fraction of sp³-hybridized carbons (Fsp3) is 0.421. The first kappa shape index (κ1) is 18.5. The van der Waals surface area contributed by atoms with Crippen LogP contribution in [-0.4, -0.2) is 46.3 Å². The number of amides is 1. The van der Waals surface area contributed by atoms with Gasteiger partial charge in [-0.15, -0.1) is 0 Å². The van der Waals surface area contributed by atoms with Crippen LogP contribution in [0.3, 0.4) is 0 Å². The number of halogens is 1. The van der Waals surface area contributed by atoms with Crippen molar-refractivity contribution in [2.24, 2.45) is 5.92 Å². The molecule has 0 radical (unpaired) electrons. The van der Waals surface area contributed by atoms with Crippen molar-refractivity contribution < 1.29 is 14.3 Å². The van der Waals surface area contributed by atoms with Gasteiger partial charge in [0.15, 0.2) is 0 Å². The molecule has 1 atom stereocenters. The summed E-state index contributed by atoms with van der Waals surface area (Å²) in [6, 6.07) is 9.12. The van der Waals surface area contributed by atoms with E-state index < -0.39 is 5.97 Å². The number of carbonyl (C=O) groups excluding carboxylic acids is 2. The predicted molar refractivity (Wildman–Crippen MR) is 99.1 cm³/mol. The molecule has 0 bridgehead atoms. The zero-order chi connectivity index (χ0) is 18.8. The Balaban J connectivity index is 1.95. The van der Waals surface area contributed by atoms with E-state index in [0.29, 0.717) is 29.6 Å². The first-order chi connectivity index (χ1) is 12.4. The van der Waals surface area contributed by atoms with E-state index in [-0.39, 0.29) is 24.4 Å². The molecule has 1 amide bonds. The number of aromatic nitrogens is 2. The zero-order valence-corrected chi connectivity index (χ0v) is 15.9. The maximum atomic E-state index is 12.9. The second-order valence-electron chi connectivity index (χ2n) is 6.67. The van der Waals surface area contributed by atoms with Crippen LogP contribution in [0.5, 0.6) is 0 Å². The molecule has 7 heteroatoms. The third-order valence-corrected chi connectivity index (χ3v) is 4.75. The Morgan fingerprint density at radius 3 is 2.65 bits per heavy atom. The predicted octanol–water partition coefficient (Wildman–Crippen LogP) is 3.42. The molecule has 6 nitrogen and oxygen atoms in total. The highest BCUT2D eigenvalue weighted by Gasteiger charge is 2.35. The minimum Gasteiger partial charge on any atom is -0.465 e. The maximum Gasteiger partial charge on any atom is 0.325 e. The molecule has 0 N–H and O–H groups in total. The monoisotopic (exact) mass is 375 g/mol. The van der Waals surface area contributed by atoms with Gasteiger partial charge in [-0.05, 0) is 31.0 Å². The van der Waals surface area contributed by atoms with Crippen LogP contribution < -0.4 is 0 Å². The van der Waals surface area contributed by atoms with E-state index in [4.69, 9.17) is 16.3 Å². The van der Waals surface area contributed by atoms with Crippen molar-refractivity contribution >= 4 is 23.5 Å². The molecule has 138 valence electrons. The Labute approximate surface area is 157 Å². The number of nitrogens with zero attached hydrogens (tertiary/aromatic N) is 3. The topological polar surface area (TPSA) is 64.4 Å². The standard InChI is InChI=1S/C19H22ClN3O3/c1-4-26-18(24)11-22-10-17(12(2)3)23-16(19(22)25)9-15(21-23)13-5-7-14(20)8-6-13/h5-9,12,17H,4,10-11H2,1-3H3. The fourth-order valence-corrected chi connectivity index (χ4v) is 3.23. The van der Waals surface area contributed by atoms with Crippen LogP contribution in [0.25, 0.3) is 11.3 Å². The van der Waals surface area contributed by atoms with Crippen molar-refractivity contribution in [3.05, 3.63) is 41.0 Å². The highest BCUT2D eigenvalue weighted by Crippen LogP contribution is 2.30. The average Bonchev–Trinajstić information content (AvgIpc) is 3.03. The van der Waals surface area contributed by atoms with E-state index >= 15 is 0 Å². The minimum absolute atomic E-state index is 0.00169. The zero-order valence-electron chi connectivity index (χ0n) is 15.1. The van der Waals surface area contributed by atoms with E-state index in [1.807, 2.05) is 12.1 Å². The van der Waals surface area contributed by atoms with Crippen molar-refractivity contribution in [3.8, 4) is 11.3 Å². The highest BCUT2D eigenvalue weighted by atomic mass is 35.5.